The van der Waals surface area contributed by atoms with Crippen molar-refractivity contribution in [2.45, 2.75) is 12.7 Å². The summed E-state index contributed by atoms with van der Waals surface area (Å²) in [5.74, 6) is -1.58. The number of aromatic nitrogens is 1. The van der Waals surface area contributed by atoms with Crippen LogP contribution < -0.4 is 0 Å². The van der Waals surface area contributed by atoms with E-state index in [2.05, 4.69) is 15.9 Å². The van der Waals surface area contributed by atoms with E-state index >= 15 is 0 Å². The number of carbonyl (C=O) groups is 1. The molecule has 2 aromatic heterocycles. The van der Waals surface area contributed by atoms with Crippen LogP contribution in [0.4, 0.5) is 13.2 Å². The molecule has 2 aromatic rings. The van der Waals surface area contributed by atoms with E-state index < -0.39 is 23.3 Å². The maximum absolute atomic E-state index is 12.7. The van der Waals surface area contributed by atoms with E-state index in [1.54, 1.807) is 12.1 Å². The smallest absolute Gasteiger partial charge is 0.418 e. The number of nitrogens with zero attached hydrogens (tertiary/aromatic N) is 1. The third-order valence-corrected chi connectivity index (χ3v) is 3.99. The minimum absolute atomic E-state index is 0.201. The number of carboxylic acids is 1. The van der Waals surface area contributed by atoms with E-state index in [9.17, 15) is 18.0 Å². The molecule has 0 saturated heterocycles. The Bertz CT molecular complexity index is 618. The summed E-state index contributed by atoms with van der Waals surface area (Å²) in [6, 6.07) is 3.55. The molecule has 0 amide bonds. The van der Waals surface area contributed by atoms with Gasteiger partial charge < -0.3 is 9.67 Å². The van der Waals surface area contributed by atoms with Gasteiger partial charge in [-0.05, 0) is 28.1 Å². The topological polar surface area (TPSA) is 42.2 Å². The van der Waals surface area contributed by atoms with Crippen LogP contribution in [0.15, 0.2) is 28.3 Å². The lowest BCUT2D eigenvalue weighted by Crippen LogP contribution is -2.09. The van der Waals surface area contributed by atoms with Crippen LogP contribution in [0.3, 0.4) is 0 Å². The quantitative estimate of drug-likeness (QED) is 0.903. The molecule has 0 spiro atoms. The molecule has 0 aliphatic heterocycles. The summed E-state index contributed by atoms with van der Waals surface area (Å²) in [7, 11) is 0. The van der Waals surface area contributed by atoms with E-state index in [1.165, 1.54) is 15.9 Å². The Morgan fingerprint density at radius 1 is 1.37 bits per heavy atom. The van der Waals surface area contributed by atoms with Crippen molar-refractivity contribution in [2.24, 2.45) is 0 Å². The first-order chi connectivity index (χ1) is 8.77. The van der Waals surface area contributed by atoms with Gasteiger partial charge in [-0.3, -0.25) is 0 Å². The van der Waals surface area contributed by atoms with Crippen LogP contribution in [0.1, 0.15) is 20.8 Å². The average molecular weight is 354 g/mol. The van der Waals surface area contributed by atoms with Crippen molar-refractivity contribution >= 4 is 33.2 Å². The van der Waals surface area contributed by atoms with E-state index in [4.69, 9.17) is 5.11 Å². The fourth-order valence-corrected chi connectivity index (χ4v) is 3.10. The second-order valence-corrected chi connectivity index (χ2v) is 6.31. The van der Waals surface area contributed by atoms with Gasteiger partial charge in [0.1, 0.15) is 0 Å². The fourth-order valence-electron chi connectivity index (χ4n) is 1.61. The lowest BCUT2D eigenvalue weighted by molar-refractivity contribution is -0.138. The van der Waals surface area contributed by atoms with E-state index in [0.29, 0.717) is 0 Å². The average Bonchev–Trinajstić information content (AvgIpc) is 2.85. The standard InChI is InChI=1S/C11H7BrF3NO2S/c12-9-2-1-6(19-9)3-16-4-7(10(17)18)8(5-16)11(13,14)15/h1-2,4-5H,3H2,(H,17,18). The number of alkyl halides is 3. The summed E-state index contributed by atoms with van der Waals surface area (Å²) >= 11 is 4.64. The molecule has 0 unspecified atom stereocenters. The van der Waals surface area contributed by atoms with Crippen molar-refractivity contribution in [3.63, 3.8) is 0 Å². The molecule has 1 N–H and O–H groups in total. The second-order valence-electron chi connectivity index (χ2n) is 3.77. The zero-order chi connectivity index (χ0) is 14.2. The highest BCUT2D eigenvalue weighted by Crippen LogP contribution is 2.33. The zero-order valence-electron chi connectivity index (χ0n) is 9.24. The van der Waals surface area contributed by atoms with Crippen LogP contribution in [0.25, 0.3) is 0 Å². The van der Waals surface area contributed by atoms with E-state index in [0.717, 1.165) is 21.1 Å². The van der Waals surface area contributed by atoms with Crippen LogP contribution in [0.5, 0.6) is 0 Å². The highest BCUT2D eigenvalue weighted by atomic mass is 79.9. The molecule has 0 bridgehead atoms. The molecule has 8 heteroatoms. The summed E-state index contributed by atoms with van der Waals surface area (Å²) in [6.07, 6.45) is -2.86. The number of halogens is 4. The Hall–Kier alpha value is -1.28. The van der Waals surface area contributed by atoms with Crippen molar-refractivity contribution < 1.29 is 23.1 Å². The van der Waals surface area contributed by atoms with Crippen molar-refractivity contribution in [3.8, 4) is 0 Å². The van der Waals surface area contributed by atoms with E-state index in [-0.39, 0.29) is 6.54 Å². The highest BCUT2D eigenvalue weighted by Gasteiger charge is 2.36. The predicted octanol–water partition coefficient (Wildman–Crippen LogP) is 4.08. The summed E-state index contributed by atoms with van der Waals surface area (Å²) < 4.78 is 40.1. The van der Waals surface area contributed by atoms with Crippen molar-refractivity contribution in [1.29, 1.82) is 0 Å². The monoisotopic (exact) mass is 353 g/mol. The first kappa shape index (κ1) is 14.1. The molecule has 2 heterocycles. The Labute approximate surface area is 118 Å². The number of hydrogen-bond donors (Lipinski definition) is 1. The molecule has 19 heavy (non-hydrogen) atoms. The molecule has 0 aliphatic carbocycles. The summed E-state index contributed by atoms with van der Waals surface area (Å²) in [5, 5.41) is 8.79. The van der Waals surface area contributed by atoms with Gasteiger partial charge in [-0.1, -0.05) is 0 Å². The Kier molecular flexibility index (Phi) is 3.73. The summed E-state index contributed by atoms with van der Waals surface area (Å²) in [4.78, 5) is 11.6. The lowest BCUT2D eigenvalue weighted by Gasteiger charge is -2.04. The molecule has 3 nitrogen and oxygen atoms in total. The van der Waals surface area contributed by atoms with Crippen LogP contribution in [0, 0.1) is 0 Å². The number of thiophene rings is 1. The van der Waals surface area contributed by atoms with Crippen molar-refractivity contribution in [2.75, 3.05) is 0 Å². The number of carboxylic acid groups (broad SMARTS) is 1. The summed E-state index contributed by atoms with van der Waals surface area (Å²) in [6.45, 7) is 0.201. The molecule has 0 saturated carbocycles. The minimum atomic E-state index is -4.67. The second kappa shape index (κ2) is 5.01. The highest BCUT2D eigenvalue weighted by molar-refractivity contribution is 9.11. The maximum Gasteiger partial charge on any atom is 0.418 e. The van der Waals surface area contributed by atoms with Crippen molar-refractivity contribution in [1.82, 2.24) is 4.57 Å². The number of aromatic carboxylic acids is 1. The summed E-state index contributed by atoms with van der Waals surface area (Å²) in [5.41, 5.74) is -1.86. The molecule has 0 radical (unpaired) electrons. The Balaban J connectivity index is 2.35. The molecule has 2 rings (SSSR count). The minimum Gasteiger partial charge on any atom is -0.478 e. The maximum atomic E-state index is 12.7. The molecule has 0 atom stereocenters. The zero-order valence-corrected chi connectivity index (χ0v) is 11.6. The normalized spacial score (nSPS) is 11.8. The molecular formula is C11H7BrF3NO2S. The molecule has 0 aromatic carbocycles. The van der Waals surface area contributed by atoms with Gasteiger partial charge in [0.2, 0.25) is 0 Å². The van der Waals surface area contributed by atoms with Gasteiger partial charge in [0.15, 0.2) is 0 Å². The van der Waals surface area contributed by atoms with Gasteiger partial charge in [0, 0.05) is 17.3 Å². The molecule has 102 valence electrons. The van der Waals surface area contributed by atoms with Crippen LogP contribution >= 0.6 is 27.3 Å². The predicted molar refractivity (Wildman–Crippen MR) is 67.5 cm³/mol. The van der Waals surface area contributed by atoms with Crippen LogP contribution in [-0.2, 0) is 12.7 Å². The van der Waals surface area contributed by atoms with Crippen LogP contribution in [0.2, 0.25) is 0 Å². The van der Waals surface area contributed by atoms with E-state index in [1.807, 2.05) is 0 Å². The van der Waals surface area contributed by atoms with Gasteiger partial charge in [-0.25, -0.2) is 4.79 Å². The first-order valence-corrected chi connectivity index (χ1v) is 6.63. The first-order valence-electron chi connectivity index (χ1n) is 5.02. The number of hydrogen-bond acceptors (Lipinski definition) is 2. The number of rotatable bonds is 3. The Morgan fingerprint density at radius 3 is 2.47 bits per heavy atom. The van der Waals surface area contributed by atoms with Crippen LogP contribution in [-0.4, -0.2) is 15.6 Å². The molecular weight excluding hydrogens is 347 g/mol. The van der Waals surface area contributed by atoms with Gasteiger partial charge in [0.25, 0.3) is 0 Å². The van der Waals surface area contributed by atoms with Gasteiger partial charge in [-0.2, -0.15) is 13.2 Å². The Morgan fingerprint density at radius 2 is 2.05 bits per heavy atom. The van der Waals surface area contributed by atoms with Gasteiger partial charge >= 0.3 is 12.1 Å². The lowest BCUT2D eigenvalue weighted by atomic mass is 10.2. The molecule has 0 fully saturated rings. The van der Waals surface area contributed by atoms with Gasteiger partial charge in [-0.15, -0.1) is 11.3 Å². The molecule has 0 aliphatic rings. The SMILES string of the molecule is O=C(O)c1cn(Cc2ccc(Br)s2)cc1C(F)(F)F. The largest absolute Gasteiger partial charge is 0.478 e. The van der Waals surface area contributed by atoms with Crippen molar-refractivity contribution in [3.05, 3.63) is 44.3 Å². The third-order valence-electron chi connectivity index (χ3n) is 2.38. The third kappa shape index (κ3) is 3.19. The fraction of sp³-hybridized carbons (Fsp3) is 0.182. The van der Waals surface area contributed by atoms with Gasteiger partial charge in [0.05, 0.1) is 21.5 Å².